The Morgan fingerprint density at radius 1 is 1.26 bits per heavy atom. The van der Waals surface area contributed by atoms with Gasteiger partial charge in [0.25, 0.3) is 0 Å². The summed E-state index contributed by atoms with van der Waals surface area (Å²) in [6.07, 6.45) is 1.17. The third kappa shape index (κ3) is 3.51. The molecule has 0 saturated heterocycles. The maximum atomic E-state index is 12.8. The topological polar surface area (TPSA) is 36.4 Å². The van der Waals surface area contributed by atoms with Crippen molar-refractivity contribution in [2.75, 3.05) is 11.9 Å². The third-order valence-corrected chi connectivity index (χ3v) is 2.98. The van der Waals surface area contributed by atoms with E-state index in [0.717, 1.165) is 16.9 Å². The van der Waals surface area contributed by atoms with Crippen LogP contribution in [0.4, 0.5) is 10.2 Å². The van der Waals surface area contributed by atoms with Crippen LogP contribution in [0.3, 0.4) is 0 Å². The van der Waals surface area contributed by atoms with Crippen LogP contribution in [0.2, 0.25) is 0 Å². The van der Waals surface area contributed by atoms with E-state index in [0.29, 0.717) is 6.54 Å². The second-order valence-electron chi connectivity index (χ2n) is 4.61. The van der Waals surface area contributed by atoms with Crippen molar-refractivity contribution in [1.82, 2.24) is 4.98 Å². The number of halogens is 1. The number of aliphatic hydroxyl groups excluding tert-OH is 1. The number of anilines is 1. The van der Waals surface area contributed by atoms with E-state index in [1.807, 2.05) is 18.0 Å². The Kier molecular flexibility index (Phi) is 4.12. The van der Waals surface area contributed by atoms with E-state index in [4.69, 9.17) is 0 Å². The zero-order chi connectivity index (χ0) is 13.8. The lowest BCUT2D eigenvalue weighted by Crippen LogP contribution is -2.17. The zero-order valence-electron chi connectivity index (χ0n) is 11.0. The molecule has 0 bridgehead atoms. The number of nitrogens with zero attached hydrogens (tertiary/aromatic N) is 2. The summed E-state index contributed by atoms with van der Waals surface area (Å²) >= 11 is 0. The first-order valence-corrected chi connectivity index (χ1v) is 6.16. The van der Waals surface area contributed by atoms with Gasteiger partial charge in [0.15, 0.2) is 0 Å². The predicted molar refractivity (Wildman–Crippen MR) is 73.4 cm³/mol. The van der Waals surface area contributed by atoms with Gasteiger partial charge in [0.2, 0.25) is 0 Å². The van der Waals surface area contributed by atoms with Crippen LogP contribution in [0.5, 0.6) is 0 Å². The second-order valence-corrected chi connectivity index (χ2v) is 4.61. The smallest absolute Gasteiger partial charge is 0.128 e. The minimum Gasteiger partial charge on any atom is -0.389 e. The van der Waals surface area contributed by atoms with Gasteiger partial charge < -0.3 is 10.0 Å². The Morgan fingerprint density at radius 3 is 2.58 bits per heavy atom. The van der Waals surface area contributed by atoms with Gasteiger partial charge in [-0.25, -0.2) is 9.37 Å². The molecule has 0 aliphatic carbocycles. The quantitative estimate of drug-likeness (QED) is 0.918. The van der Waals surface area contributed by atoms with Crippen molar-refractivity contribution >= 4 is 5.82 Å². The fourth-order valence-electron chi connectivity index (χ4n) is 1.85. The molecule has 0 radical (unpaired) electrons. The van der Waals surface area contributed by atoms with E-state index in [-0.39, 0.29) is 5.82 Å². The summed E-state index contributed by atoms with van der Waals surface area (Å²) in [5.74, 6) is 0.545. The summed E-state index contributed by atoms with van der Waals surface area (Å²) in [6.45, 7) is 2.36. The van der Waals surface area contributed by atoms with E-state index >= 15 is 0 Å². The van der Waals surface area contributed by atoms with E-state index < -0.39 is 6.10 Å². The molecule has 100 valence electrons. The highest BCUT2D eigenvalue weighted by atomic mass is 19.1. The normalized spacial score (nSPS) is 12.2. The molecule has 1 aromatic carbocycles. The van der Waals surface area contributed by atoms with Crippen LogP contribution >= 0.6 is 0 Å². The molecule has 0 fully saturated rings. The van der Waals surface area contributed by atoms with E-state index in [9.17, 15) is 9.50 Å². The minimum atomic E-state index is -0.513. The van der Waals surface area contributed by atoms with Gasteiger partial charge in [-0.15, -0.1) is 0 Å². The molecule has 0 aliphatic heterocycles. The zero-order valence-corrected chi connectivity index (χ0v) is 11.0. The van der Waals surface area contributed by atoms with E-state index in [1.165, 1.54) is 12.1 Å². The molecule has 1 heterocycles. The first kappa shape index (κ1) is 13.5. The minimum absolute atomic E-state index is 0.236. The molecule has 19 heavy (non-hydrogen) atoms. The van der Waals surface area contributed by atoms with Gasteiger partial charge >= 0.3 is 0 Å². The second kappa shape index (κ2) is 5.80. The maximum Gasteiger partial charge on any atom is 0.128 e. The Labute approximate surface area is 112 Å². The fraction of sp³-hybridized carbons (Fsp3) is 0.267. The van der Waals surface area contributed by atoms with Gasteiger partial charge in [-0.3, -0.25) is 0 Å². The SMILES string of the molecule is CC(O)c1ccnc(N(C)Cc2ccc(F)cc2)c1. The molecule has 0 aliphatic rings. The summed E-state index contributed by atoms with van der Waals surface area (Å²) in [7, 11) is 1.91. The van der Waals surface area contributed by atoms with Crippen molar-refractivity contribution in [3.8, 4) is 0 Å². The van der Waals surface area contributed by atoms with Crippen molar-refractivity contribution in [3.63, 3.8) is 0 Å². The molecule has 3 nitrogen and oxygen atoms in total. The summed E-state index contributed by atoms with van der Waals surface area (Å²) in [6, 6.07) is 10.1. The van der Waals surface area contributed by atoms with Crippen molar-refractivity contribution < 1.29 is 9.50 Å². The van der Waals surface area contributed by atoms with Crippen LogP contribution in [0, 0.1) is 5.82 Å². The number of hydrogen-bond acceptors (Lipinski definition) is 3. The lowest BCUT2D eigenvalue weighted by molar-refractivity contribution is 0.199. The lowest BCUT2D eigenvalue weighted by Gasteiger charge is -2.19. The number of benzene rings is 1. The molecule has 0 spiro atoms. The molecule has 2 aromatic rings. The maximum absolute atomic E-state index is 12.8. The summed E-state index contributed by atoms with van der Waals surface area (Å²) < 4.78 is 12.8. The first-order chi connectivity index (χ1) is 9.06. The number of rotatable bonds is 4. The van der Waals surface area contributed by atoms with Crippen LogP contribution in [-0.4, -0.2) is 17.1 Å². The van der Waals surface area contributed by atoms with Gasteiger partial charge in [-0.2, -0.15) is 0 Å². The van der Waals surface area contributed by atoms with Crippen LogP contribution in [0.15, 0.2) is 42.6 Å². The summed E-state index contributed by atoms with van der Waals surface area (Å²) in [5.41, 5.74) is 1.84. The van der Waals surface area contributed by atoms with Crippen molar-refractivity contribution in [1.29, 1.82) is 0 Å². The number of pyridine rings is 1. The summed E-state index contributed by atoms with van der Waals surface area (Å²) in [5, 5.41) is 9.56. The van der Waals surface area contributed by atoms with Gasteiger partial charge in [-0.1, -0.05) is 12.1 Å². The monoisotopic (exact) mass is 260 g/mol. The van der Waals surface area contributed by atoms with Gasteiger partial charge in [0.05, 0.1) is 6.10 Å². The Bertz CT molecular complexity index is 540. The number of aromatic nitrogens is 1. The molecule has 4 heteroatoms. The molecule has 1 unspecified atom stereocenters. The average molecular weight is 260 g/mol. The molecule has 2 rings (SSSR count). The van der Waals surface area contributed by atoms with Crippen LogP contribution in [-0.2, 0) is 6.54 Å². The van der Waals surface area contributed by atoms with Crippen molar-refractivity contribution in [2.45, 2.75) is 19.6 Å². The van der Waals surface area contributed by atoms with Gasteiger partial charge in [0, 0.05) is 19.8 Å². The molecule has 1 aromatic heterocycles. The van der Waals surface area contributed by atoms with Gasteiger partial charge in [0.1, 0.15) is 11.6 Å². The van der Waals surface area contributed by atoms with Crippen LogP contribution in [0.25, 0.3) is 0 Å². The highest BCUT2D eigenvalue weighted by Gasteiger charge is 2.07. The van der Waals surface area contributed by atoms with Crippen molar-refractivity contribution in [3.05, 3.63) is 59.5 Å². The van der Waals surface area contributed by atoms with Crippen LogP contribution in [0.1, 0.15) is 24.2 Å². The van der Waals surface area contributed by atoms with Crippen molar-refractivity contribution in [2.24, 2.45) is 0 Å². The Balaban J connectivity index is 2.13. The molecular formula is C15H17FN2O. The fourth-order valence-corrected chi connectivity index (χ4v) is 1.85. The predicted octanol–water partition coefficient (Wildman–Crippen LogP) is 2.91. The standard InChI is InChI=1S/C15H17FN2O/c1-11(19)13-7-8-17-15(9-13)18(2)10-12-3-5-14(16)6-4-12/h3-9,11,19H,10H2,1-2H3. The molecule has 1 N–H and O–H groups in total. The van der Waals surface area contributed by atoms with E-state index in [1.54, 1.807) is 31.3 Å². The molecule has 1 atom stereocenters. The highest BCUT2D eigenvalue weighted by molar-refractivity contribution is 5.41. The highest BCUT2D eigenvalue weighted by Crippen LogP contribution is 2.18. The Morgan fingerprint density at radius 2 is 1.95 bits per heavy atom. The Hall–Kier alpha value is -1.94. The largest absolute Gasteiger partial charge is 0.389 e. The van der Waals surface area contributed by atoms with Gasteiger partial charge in [-0.05, 0) is 42.3 Å². The van der Waals surface area contributed by atoms with E-state index in [2.05, 4.69) is 4.98 Å². The first-order valence-electron chi connectivity index (χ1n) is 6.16. The molecule has 0 saturated carbocycles. The molecule has 0 amide bonds. The number of hydrogen-bond donors (Lipinski definition) is 1. The average Bonchev–Trinajstić information content (AvgIpc) is 2.41. The van der Waals surface area contributed by atoms with Crippen LogP contribution < -0.4 is 4.90 Å². The third-order valence-electron chi connectivity index (χ3n) is 2.98. The lowest BCUT2D eigenvalue weighted by atomic mass is 10.1. The number of aliphatic hydroxyl groups is 1. The molecular weight excluding hydrogens is 243 g/mol. The summed E-state index contributed by atoms with van der Waals surface area (Å²) in [4.78, 5) is 6.23.